The molecule has 0 saturated heterocycles. The zero-order chi connectivity index (χ0) is 20.9. The van der Waals surface area contributed by atoms with E-state index in [1.165, 1.54) is 0 Å². The zero-order valence-electron chi connectivity index (χ0n) is 16.8. The first-order valence-electron chi connectivity index (χ1n) is 9.59. The molecule has 0 aliphatic heterocycles. The number of carbonyl (C=O) groups excluding carboxylic acids is 1. The molecule has 0 atom stereocenters. The van der Waals surface area contributed by atoms with Crippen molar-refractivity contribution in [3.63, 3.8) is 0 Å². The molecule has 0 saturated carbocycles. The summed E-state index contributed by atoms with van der Waals surface area (Å²) in [4.78, 5) is 12.4. The molecule has 30 heavy (non-hydrogen) atoms. The van der Waals surface area contributed by atoms with Crippen LogP contribution in [-0.4, -0.2) is 22.7 Å². The van der Waals surface area contributed by atoms with Gasteiger partial charge >= 0.3 is 0 Å². The molecule has 0 fully saturated rings. The summed E-state index contributed by atoms with van der Waals surface area (Å²) < 4.78 is 11.6. The van der Waals surface area contributed by atoms with E-state index in [2.05, 4.69) is 15.5 Å². The number of hydrogen-bond acceptors (Lipinski definition) is 5. The van der Waals surface area contributed by atoms with E-state index in [1.54, 1.807) is 6.07 Å². The van der Waals surface area contributed by atoms with Gasteiger partial charge in [0, 0.05) is 11.3 Å². The van der Waals surface area contributed by atoms with E-state index in [9.17, 15) is 4.79 Å². The lowest BCUT2D eigenvalue weighted by molar-refractivity contribution is -0.118. The van der Waals surface area contributed by atoms with Gasteiger partial charge in [0.2, 0.25) is 5.89 Å². The van der Waals surface area contributed by atoms with E-state index in [0.717, 1.165) is 22.4 Å². The number of nitrogens with zero attached hydrogens (tertiary/aromatic N) is 2. The van der Waals surface area contributed by atoms with Crippen molar-refractivity contribution in [1.82, 2.24) is 10.2 Å². The summed E-state index contributed by atoms with van der Waals surface area (Å²) >= 11 is 0. The third kappa shape index (κ3) is 4.22. The molecular formula is C24H21N3O3. The lowest BCUT2D eigenvalue weighted by Gasteiger charge is -2.13. The first kappa shape index (κ1) is 19.4. The Morgan fingerprint density at radius 1 is 0.867 bits per heavy atom. The van der Waals surface area contributed by atoms with E-state index in [0.29, 0.717) is 23.1 Å². The highest BCUT2D eigenvalue weighted by atomic mass is 16.5. The van der Waals surface area contributed by atoms with Crippen LogP contribution in [0.25, 0.3) is 22.9 Å². The quantitative estimate of drug-likeness (QED) is 0.492. The smallest absolute Gasteiger partial charge is 0.262 e. The standard InChI is InChI=1S/C24H21N3O3/c1-16-9-8-10-17(2)22(16)25-21(28)15-29-20-14-7-6-13-19(20)24-27-26-23(30-24)18-11-4-3-5-12-18/h3-14H,15H2,1-2H3,(H,25,28). The highest BCUT2D eigenvalue weighted by molar-refractivity contribution is 5.93. The molecule has 0 spiro atoms. The molecule has 6 nitrogen and oxygen atoms in total. The lowest BCUT2D eigenvalue weighted by atomic mass is 10.1. The SMILES string of the molecule is Cc1cccc(C)c1NC(=O)COc1ccccc1-c1nnc(-c2ccccc2)o1. The first-order chi connectivity index (χ1) is 14.6. The molecule has 6 heteroatoms. The number of ether oxygens (including phenoxy) is 1. The van der Waals surface area contributed by atoms with Gasteiger partial charge < -0.3 is 14.5 Å². The first-order valence-corrected chi connectivity index (χ1v) is 9.59. The van der Waals surface area contributed by atoms with Crippen LogP contribution in [0.5, 0.6) is 5.75 Å². The van der Waals surface area contributed by atoms with Gasteiger partial charge in [-0.2, -0.15) is 0 Å². The number of aryl methyl sites for hydroxylation is 2. The Kier molecular flexibility index (Phi) is 5.57. The van der Waals surface area contributed by atoms with E-state index in [-0.39, 0.29) is 12.5 Å². The topological polar surface area (TPSA) is 77.2 Å². The van der Waals surface area contributed by atoms with Gasteiger partial charge in [0.1, 0.15) is 5.75 Å². The lowest BCUT2D eigenvalue weighted by Crippen LogP contribution is -2.21. The summed E-state index contributed by atoms with van der Waals surface area (Å²) in [5.74, 6) is 1.02. The predicted molar refractivity (Wildman–Crippen MR) is 115 cm³/mol. The molecule has 1 heterocycles. The van der Waals surface area contributed by atoms with Gasteiger partial charge in [-0.3, -0.25) is 4.79 Å². The fourth-order valence-corrected chi connectivity index (χ4v) is 3.13. The minimum absolute atomic E-state index is 0.134. The van der Waals surface area contributed by atoms with Gasteiger partial charge in [-0.25, -0.2) is 0 Å². The Labute approximate surface area is 174 Å². The average Bonchev–Trinajstić information content (AvgIpc) is 3.26. The average molecular weight is 399 g/mol. The fourth-order valence-electron chi connectivity index (χ4n) is 3.13. The summed E-state index contributed by atoms with van der Waals surface area (Å²) in [6.45, 7) is 3.78. The van der Waals surface area contributed by atoms with Crippen molar-refractivity contribution in [2.45, 2.75) is 13.8 Å². The molecule has 1 aromatic heterocycles. The van der Waals surface area contributed by atoms with E-state index >= 15 is 0 Å². The summed E-state index contributed by atoms with van der Waals surface area (Å²) in [5.41, 5.74) is 4.28. The normalized spacial score (nSPS) is 10.6. The Morgan fingerprint density at radius 2 is 1.53 bits per heavy atom. The molecular weight excluding hydrogens is 378 g/mol. The maximum Gasteiger partial charge on any atom is 0.262 e. The number of para-hydroxylation sites is 2. The van der Waals surface area contributed by atoms with Crippen molar-refractivity contribution in [3.05, 3.63) is 83.9 Å². The minimum Gasteiger partial charge on any atom is -0.483 e. The Bertz CT molecular complexity index is 1150. The number of anilines is 1. The number of amides is 1. The van der Waals surface area contributed by atoms with Crippen molar-refractivity contribution >= 4 is 11.6 Å². The second kappa shape index (κ2) is 8.61. The number of aromatic nitrogens is 2. The Hall–Kier alpha value is -3.93. The van der Waals surface area contributed by atoms with E-state index in [1.807, 2.05) is 80.6 Å². The monoisotopic (exact) mass is 399 g/mol. The van der Waals surface area contributed by atoms with Crippen molar-refractivity contribution in [3.8, 4) is 28.7 Å². The summed E-state index contributed by atoms with van der Waals surface area (Å²) in [7, 11) is 0. The molecule has 0 aliphatic carbocycles. The summed E-state index contributed by atoms with van der Waals surface area (Å²) in [6, 6.07) is 22.7. The Morgan fingerprint density at radius 3 is 2.30 bits per heavy atom. The summed E-state index contributed by atoms with van der Waals surface area (Å²) in [5, 5.41) is 11.2. The molecule has 3 aromatic carbocycles. The molecule has 1 N–H and O–H groups in total. The maximum absolute atomic E-state index is 12.4. The number of rotatable bonds is 6. The van der Waals surface area contributed by atoms with Crippen LogP contribution in [0.15, 0.2) is 77.2 Å². The number of nitrogens with one attached hydrogen (secondary N) is 1. The third-order valence-electron chi connectivity index (χ3n) is 4.67. The van der Waals surface area contributed by atoms with Crippen LogP contribution in [0, 0.1) is 13.8 Å². The Balaban J connectivity index is 1.49. The van der Waals surface area contributed by atoms with Crippen molar-refractivity contribution in [2.24, 2.45) is 0 Å². The van der Waals surface area contributed by atoms with Crippen molar-refractivity contribution < 1.29 is 13.9 Å². The molecule has 0 bridgehead atoms. The minimum atomic E-state index is -0.238. The second-order valence-electron chi connectivity index (χ2n) is 6.88. The van der Waals surface area contributed by atoms with Crippen LogP contribution in [0.2, 0.25) is 0 Å². The number of benzene rings is 3. The van der Waals surface area contributed by atoms with Gasteiger partial charge in [0.25, 0.3) is 11.8 Å². The van der Waals surface area contributed by atoms with E-state index in [4.69, 9.17) is 9.15 Å². The molecule has 0 unspecified atom stereocenters. The van der Waals surface area contributed by atoms with Crippen LogP contribution < -0.4 is 10.1 Å². The second-order valence-corrected chi connectivity index (χ2v) is 6.88. The predicted octanol–water partition coefficient (Wildman–Crippen LogP) is 5.04. The van der Waals surface area contributed by atoms with Gasteiger partial charge in [0.05, 0.1) is 5.56 Å². The van der Waals surface area contributed by atoms with Crippen LogP contribution >= 0.6 is 0 Å². The van der Waals surface area contributed by atoms with Crippen LogP contribution in [-0.2, 0) is 4.79 Å². The van der Waals surface area contributed by atoms with Gasteiger partial charge in [0.15, 0.2) is 6.61 Å². The van der Waals surface area contributed by atoms with Gasteiger partial charge in [-0.1, -0.05) is 48.5 Å². The molecule has 1 amide bonds. The van der Waals surface area contributed by atoms with E-state index < -0.39 is 0 Å². The van der Waals surface area contributed by atoms with Crippen LogP contribution in [0.3, 0.4) is 0 Å². The number of hydrogen-bond donors (Lipinski definition) is 1. The molecule has 0 aliphatic rings. The van der Waals surface area contributed by atoms with Crippen LogP contribution in [0.1, 0.15) is 11.1 Å². The zero-order valence-corrected chi connectivity index (χ0v) is 16.8. The molecule has 4 rings (SSSR count). The molecule has 150 valence electrons. The number of carbonyl (C=O) groups is 1. The summed E-state index contributed by atoms with van der Waals surface area (Å²) in [6.07, 6.45) is 0. The highest BCUT2D eigenvalue weighted by Gasteiger charge is 2.16. The van der Waals surface area contributed by atoms with Crippen molar-refractivity contribution in [1.29, 1.82) is 0 Å². The molecule has 4 aromatic rings. The maximum atomic E-state index is 12.4. The largest absolute Gasteiger partial charge is 0.483 e. The third-order valence-corrected chi connectivity index (χ3v) is 4.67. The van der Waals surface area contributed by atoms with Gasteiger partial charge in [-0.05, 0) is 49.2 Å². The van der Waals surface area contributed by atoms with Gasteiger partial charge in [-0.15, -0.1) is 10.2 Å². The van der Waals surface area contributed by atoms with Crippen LogP contribution in [0.4, 0.5) is 5.69 Å². The highest BCUT2D eigenvalue weighted by Crippen LogP contribution is 2.31. The molecule has 0 radical (unpaired) electrons. The fraction of sp³-hybridized carbons (Fsp3) is 0.125. The van der Waals surface area contributed by atoms with Crippen molar-refractivity contribution in [2.75, 3.05) is 11.9 Å².